The standard InChI is InChI=1S/C98H154N10O39/c1-62(109)105-86-92(142-71(10)118)89(139-68(7)115)75(56-135-65(4)112)145-95(86)132-49-27-24-35-78(121)99-43-30-46-102-81(124)40-52-129-59-98(108-84(127)38-22-17-15-13-14-16-18-23-39-85(128)138-55-74-33-20-19-21-34-74,60-130-53-41-82(125)103-47-31-44-100-79(122)36-25-28-50-133-96-87(106-63(2)110)93(143-72(11)119)90(140-69(8)116)76(146-96)57-136-66(5)113)61-131-54-42-83(126)104-48-32-45-101-80(123)37-26-29-51-134-97-88(107-64(3)111)94(144-73(12)120)91(141-70(9)117)77(147-97)58-137-67(6)114/h19-21,33-34,75-77,86-97H,13-18,22-32,35-61H2,1-12H3,(H,99,121)(H,100,122)(H,101,123)(H,102,124)(H,103,125)(H,104,126)(H,105,109)(H,106,110)(H,107,111)(H,108,127)/t75?,76?,77?,86-,87-,88?,89+,90+,91+,92?,93?,94?,95+,96+,97+,98?/m0/s1. The van der Waals surface area contributed by atoms with Crippen molar-refractivity contribution in [2.45, 2.75) is 348 Å². The van der Waals surface area contributed by atoms with Gasteiger partial charge in [0.05, 0.1) is 39.6 Å². The highest BCUT2D eigenvalue weighted by molar-refractivity contribution is 5.80. The maximum absolute atomic E-state index is 14.2. The van der Waals surface area contributed by atoms with E-state index in [-0.39, 0.29) is 174 Å². The summed E-state index contributed by atoms with van der Waals surface area (Å²) in [5.41, 5.74) is -0.583. The predicted octanol–water partition coefficient (Wildman–Crippen LogP) is 2.10. The largest absolute Gasteiger partial charge is 0.463 e. The molecule has 3 aliphatic rings. The second-order valence-electron chi connectivity index (χ2n) is 35.5. The van der Waals surface area contributed by atoms with Crippen LogP contribution in [0.5, 0.6) is 0 Å². The highest BCUT2D eigenvalue weighted by atomic mass is 16.7. The number of hydrogen-bond donors (Lipinski definition) is 10. The minimum Gasteiger partial charge on any atom is -0.463 e. The number of rotatable bonds is 74. The van der Waals surface area contributed by atoms with E-state index in [4.69, 9.17) is 90.0 Å². The summed E-state index contributed by atoms with van der Waals surface area (Å²) in [4.78, 5) is 251. The molecule has 0 bridgehead atoms. The summed E-state index contributed by atoms with van der Waals surface area (Å²) in [7, 11) is 0. The Morgan fingerprint density at radius 3 is 0.810 bits per heavy atom. The van der Waals surface area contributed by atoms with Crippen LogP contribution in [-0.2, 0) is 192 Å². The van der Waals surface area contributed by atoms with Gasteiger partial charge in [-0.2, -0.15) is 0 Å². The topological polar surface area (TPSA) is 637 Å². The van der Waals surface area contributed by atoms with Gasteiger partial charge in [-0.15, -0.1) is 0 Å². The van der Waals surface area contributed by atoms with Crippen molar-refractivity contribution in [2.24, 2.45) is 0 Å². The molecule has 1 aromatic carbocycles. The highest BCUT2D eigenvalue weighted by Crippen LogP contribution is 2.33. The van der Waals surface area contributed by atoms with E-state index < -0.39 is 212 Å². The van der Waals surface area contributed by atoms with E-state index in [9.17, 15) is 95.9 Å². The Bertz CT molecular complexity index is 3940. The van der Waals surface area contributed by atoms with Gasteiger partial charge in [0.2, 0.25) is 59.1 Å². The van der Waals surface area contributed by atoms with Crippen molar-refractivity contribution in [2.75, 3.05) is 119 Å². The van der Waals surface area contributed by atoms with Crippen LogP contribution in [-0.4, -0.2) is 335 Å². The van der Waals surface area contributed by atoms with Crippen molar-refractivity contribution in [1.82, 2.24) is 53.2 Å². The molecule has 0 saturated carbocycles. The summed E-state index contributed by atoms with van der Waals surface area (Å²) < 4.78 is 108. The second kappa shape index (κ2) is 73.4. The molecule has 3 aliphatic heterocycles. The minimum atomic E-state index is -1.49. The smallest absolute Gasteiger partial charge is 0.306 e. The molecule has 0 aliphatic carbocycles. The highest BCUT2D eigenvalue weighted by Gasteiger charge is 2.55. The van der Waals surface area contributed by atoms with Crippen LogP contribution in [0.4, 0.5) is 0 Å². The molecule has 147 heavy (non-hydrogen) atoms. The fourth-order valence-corrected chi connectivity index (χ4v) is 15.5. The molecule has 0 radical (unpaired) electrons. The van der Waals surface area contributed by atoms with Gasteiger partial charge in [0.1, 0.15) is 68.4 Å². The average molecular weight is 2100 g/mol. The van der Waals surface area contributed by atoms with E-state index in [1.54, 1.807) is 0 Å². The summed E-state index contributed by atoms with van der Waals surface area (Å²) in [6.45, 7) is 12.3. The monoisotopic (exact) mass is 2100 g/mol. The normalized spacial score (nSPS) is 20.7. The van der Waals surface area contributed by atoms with Crippen molar-refractivity contribution in [3.8, 4) is 0 Å². The van der Waals surface area contributed by atoms with Crippen LogP contribution in [0.25, 0.3) is 0 Å². The molecule has 49 heteroatoms. The van der Waals surface area contributed by atoms with Crippen LogP contribution in [0.3, 0.4) is 0 Å². The Morgan fingerprint density at radius 2 is 0.531 bits per heavy atom. The van der Waals surface area contributed by atoms with E-state index in [1.165, 1.54) is 20.8 Å². The molecule has 830 valence electrons. The number of amides is 10. The SMILES string of the molecule is CC(=O)NC1C(OC(C)=O)[C@H](OC(C)=O)C(COC(C)=O)O[C@H]1OCCCCC(=O)NCCCNC(=O)CCOCC(COCCC(=O)NCCCNC(=O)CCCCO[C@@H]1OC(COC(C)=O)[C@@H](OC(C)=O)C(OC(C)=O)[C@@H]1NC(C)=O)(COCCC(=O)NCCCNC(=O)CCCCO[C@@H]1OC(COC(C)=O)[C@@H](OC(C)=O)C(OC(C)=O)[C@@H]1NC(C)=O)NC(=O)CCCCCCCCCCC(=O)OCc1ccccc1. The van der Waals surface area contributed by atoms with Crippen molar-refractivity contribution in [3.05, 3.63) is 35.9 Å². The van der Waals surface area contributed by atoms with Gasteiger partial charge in [-0.3, -0.25) is 95.9 Å². The van der Waals surface area contributed by atoms with Gasteiger partial charge < -0.3 is 143 Å². The number of hydrogen-bond acceptors (Lipinski definition) is 39. The Labute approximate surface area is 856 Å². The Kier molecular flexibility index (Phi) is 63.7. The zero-order chi connectivity index (χ0) is 108. The number of ether oxygens (including phenoxy) is 19. The molecule has 1 aromatic rings. The van der Waals surface area contributed by atoms with Crippen molar-refractivity contribution < 1.29 is 186 Å². The molecule has 3 fully saturated rings. The first kappa shape index (κ1) is 128. The summed E-state index contributed by atoms with van der Waals surface area (Å²) in [6.07, 6.45) is -6.02. The molecule has 0 spiro atoms. The van der Waals surface area contributed by atoms with Crippen LogP contribution in [0.15, 0.2) is 30.3 Å². The molecule has 3 heterocycles. The van der Waals surface area contributed by atoms with Gasteiger partial charge in [-0.1, -0.05) is 68.9 Å². The molecule has 7 unspecified atom stereocenters. The zero-order valence-corrected chi connectivity index (χ0v) is 86.6. The first-order valence-corrected chi connectivity index (χ1v) is 50.0. The number of esters is 10. The van der Waals surface area contributed by atoms with E-state index in [0.717, 1.165) is 100.0 Å². The number of unbranched alkanes of at least 4 members (excludes halogenated alkanes) is 10. The zero-order valence-electron chi connectivity index (χ0n) is 86.6. The molecule has 3 saturated heterocycles. The second-order valence-corrected chi connectivity index (χ2v) is 35.5. The first-order valence-electron chi connectivity index (χ1n) is 50.0. The predicted molar refractivity (Wildman–Crippen MR) is 513 cm³/mol. The van der Waals surface area contributed by atoms with Gasteiger partial charge in [-0.25, -0.2) is 0 Å². The summed E-state index contributed by atoms with van der Waals surface area (Å²) in [6, 6.07) is 5.89. The van der Waals surface area contributed by atoms with Crippen molar-refractivity contribution >= 4 is 119 Å². The Morgan fingerprint density at radius 1 is 0.272 bits per heavy atom. The van der Waals surface area contributed by atoms with Crippen molar-refractivity contribution in [3.63, 3.8) is 0 Å². The molecule has 10 amide bonds. The molecule has 10 N–H and O–H groups in total. The molecule has 49 nitrogen and oxygen atoms in total. The quantitative estimate of drug-likeness (QED) is 0.0254. The third-order valence-electron chi connectivity index (χ3n) is 22.2. The van der Waals surface area contributed by atoms with Crippen LogP contribution in [0.2, 0.25) is 0 Å². The fraction of sp³-hybridized carbons (Fsp3) is 0.735. The maximum atomic E-state index is 14.2. The molecule has 15 atom stereocenters. The van der Waals surface area contributed by atoms with E-state index in [0.29, 0.717) is 83.5 Å². The van der Waals surface area contributed by atoms with E-state index >= 15 is 0 Å². The number of carbonyl (C=O) groups is 20. The lowest BCUT2D eigenvalue weighted by Gasteiger charge is -2.44. The summed E-state index contributed by atoms with van der Waals surface area (Å²) in [5, 5.41) is 27.7. The average Bonchev–Trinajstić information content (AvgIpc) is 0.792. The molecule has 0 aromatic heterocycles. The van der Waals surface area contributed by atoms with Crippen LogP contribution in [0, 0.1) is 0 Å². The number of nitrogens with one attached hydrogen (secondary N) is 10. The Hall–Kier alpha value is -11.7. The van der Waals surface area contributed by atoms with Crippen LogP contribution in [0.1, 0.15) is 249 Å². The molecular formula is C98H154N10O39. The molecular weight excluding hydrogens is 1940 g/mol. The Balaban J connectivity index is 1.39. The third kappa shape index (κ3) is 57.4. The third-order valence-corrected chi connectivity index (χ3v) is 22.2. The summed E-state index contributed by atoms with van der Waals surface area (Å²) in [5.74, 6) is -11.1. The first-order chi connectivity index (χ1) is 70.1. The van der Waals surface area contributed by atoms with E-state index in [1.807, 2.05) is 30.3 Å². The minimum absolute atomic E-state index is 0.0168. The van der Waals surface area contributed by atoms with Gasteiger partial charge in [0.15, 0.2) is 55.5 Å². The molecule has 4 rings (SSSR count). The lowest BCUT2D eigenvalue weighted by Crippen LogP contribution is -2.66. The van der Waals surface area contributed by atoms with Gasteiger partial charge in [0, 0.05) is 194 Å². The van der Waals surface area contributed by atoms with Gasteiger partial charge in [0.25, 0.3) is 0 Å². The maximum Gasteiger partial charge on any atom is 0.306 e. The fourth-order valence-electron chi connectivity index (χ4n) is 15.5. The van der Waals surface area contributed by atoms with Gasteiger partial charge in [-0.05, 0) is 76.2 Å². The van der Waals surface area contributed by atoms with Crippen LogP contribution >= 0.6 is 0 Å². The van der Waals surface area contributed by atoms with E-state index in [2.05, 4.69) is 53.2 Å². The number of carbonyl (C=O) groups excluding carboxylic acids is 20. The lowest BCUT2D eigenvalue weighted by molar-refractivity contribution is -0.277. The number of benzene rings is 1. The van der Waals surface area contributed by atoms with Gasteiger partial charge >= 0.3 is 59.7 Å². The van der Waals surface area contributed by atoms with Crippen LogP contribution < -0.4 is 53.2 Å². The van der Waals surface area contributed by atoms with Crippen molar-refractivity contribution in [1.29, 1.82) is 0 Å². The lowest BCUT2D eigenvalue weighted by atomic mass is 9.96. The summed E-state index contributed by atoms with van der Waals surface area (Å²) >= 11 is 0.